The number of nitrogens with zero attached hydrogens (tertiary/aromatic N) is 2. The standard InChI is InChI=1S/C18H16F2N2/c1-3-4-14-5-7-15(8-6-14)9-10-16(19)17(20)18-21-11-13(2)12-22-18/h5-8,11-12H,3-4H2,1-2H3. The highest BCUT2D eigenvalue weighted by atomic mass is 19.2. The summed E-state index contributed by atoms with van der Waals surface area (Å²) in [4.78, 5) is 7.47. The molecule has 2 nitrogen and oxygen atoms in total. The third-order valence-corrected chi connectivity index (χ3v) is 2.98. The molecule has 0 aliphatic carbocycles. The van der Waals surface area contributed by atoms with Crippen LogP contribution < -0.4 is 0 Å². The Labute approximate surface area is 128 Å². The Bertz CT molecular complexity index is 720. The fourth-order valence-electron chi connectivity index (χ4n) is 1.83. The molecule has 0 aliphatic heterocycles. The molecule has 2 aromatic rings. The molecule has 1 heterocycles. The number of halogens is 2. The van der Waals surface area contributed by atoms with E-state index in [1.165, 1.54) is 18.0 Å². The number of hydrogen-bond donors (Lipinski definition) is 0. The van der Waals surface area contributed by atoms with Gasteiger partial charge in [-0.15, -0.1) is 0 Å². The van der Waals surface area contributed by atoms with E-state index in [-0.39, 0.29) is 5.82 Å². The Morgan fingerprint density at radius 3 is 2.32 bits per heavy atom. The number of aryl methyl sites for hydroxylation is 2. The second-order valence-electron chi connectivity index (χ2n) is 4.91. The van der Waals surface area contributed by atoms with Crippen LogP contribution in [-0.4, -0.2) is 9.97 Å². The maximum Gasteiger partial charge on any atom is 0.213 e. The topological polar surface area (TPSA) is 25.8 Å². The molecule has 0 fully saturated rings. The number of aromatic nitrogens is 2. The number of allylic oxidation sites excluding steroid dienone is 1. The lowest BCUT2D eigenvalue weighted by atomic mass is 10.1. The van der Waals surface area contributed by atoms with Crippen molar-refractivity contribution in [1.29, 1.82) is 0 Å². The first-order valence-corrected chi connectivity index (χ1v) is 7.05. The number of rotatable bonds is 3. The summed E-state index contributed by atoms with van der Waals surface area (Å²) in [6, 6.07) is 7.47. The second kappa shape index (κ2) is 7.46. The van der Waals surface area contributed by atoms with E-state index >= 15 is 0 Å². The summed E-state index contributed by atoms with van der Waals surface area (Å²) in [7, 11) is 0. The molecule has 0 N–H and O–H groups in total. The van der Waals surface area contributed by atoms with Crippen LogP contribution >= 0.6 is 0 Å². The number of hydrogen-bond acceptors (Lipinski definition) is 2. The first-order valence-electron chi connectivity index (χ1n) is 7.05. The Morgan fingerprint density at radius 2 is 1.73 bits per heavy atom. The zero-order valence-corrected chi connectivity index (χ0v) is 12.5. The van der Waals surface area contributed by atoms with Crippen molar-refractivity contribution in [2.24, 2.45) is 0 Å². The van der Waals surface area contributed by atoms with Gasteiger partial charge in [-0.3, -0.25) is 0 Å². The summed E-state index contributed by atoms with van der Waals surface area (Å²) in [6.45, 7) is 3.87. The van der Waals surface area contributed by atoms with Crippen LogP contribution in [0.3, 0.4) is 0 Å². The Balaban J connectivity index is 2.18. The minimum absolute atomic E-state index is 0.296. The summed E-state index contributed by atoms with van der Waals surface area (Å²) in [5, 5.41) is 0. The molecule has 22 heavy (non-hydrogen) atoms. The summed E-state index contributed by atoms with van der Waals surface area (Å²) >= 11 is 0. The van der Waals surface area contributed by atoms with Crippen molar-refractivity contribution < 1.29 is 8.78 Å². The van der Waals surface area contributed by atoms with Gasteiger partial charge in [0.25, 0.3) is 0 Å². The van der Waals surface area contributed by atoms with E-state index in [9.17, 15) is 8.78 Å². The van der Waals surface area contributed by atoms with Gasteiger partial charge in [-0.25, -0.2) is 9.97 Å². The van der Waals surface area contributed by atoms with Gasteiger partial charge in [0.15, 0.2) is 5.82 Å². The molecule has 0 atom stereocenters. The Kier molecular flexibility index (Phi) is 5.37. The molecular weight excluding hydrogens is 282 g/mol. The quantitative estimate of drug-likeness (QED) is 0.785. The molecule has 0 aliphatic rings. The first-order chi connectivity index (χ1) is 10.6. The van der Waals surface area contributed by atoms with Gasteiger partial charge in [-0.05, 0) is 42.5 Å². The van der Waals surface area contributed by atoms with Crippen molar-refractivity contribution >= 4 is 5.83 Å². The maximum absolute atomic E-state index is 13.8. The molecule has 112 valence electrons. The van der Waals surface area contributed by atoms with Crippen LogP contribution in [0.4, 0.5) is 8.78 Å². The summed E-state index contributed by atoms with van der Waals surface area (Å²) in [5.41, 5.74) is 2.60. The van der Waals surface area contributed by atoms with Crippen LogP contribution in [0.1, 0.15) is 35.9 Å². The molecule has 1 aromatic heterocycles. The molecule has 1 aromatic carbocycles. The fourth-order valence-corrected chi connectivity index (χ4v) is 1.83. The van der Waals surface area contributed by atoms with Gasteiger partial charge in [-0.1, -0.05) is 31.4 Å². The van der Waals surface area contributed by atoms with Gasteiger partial charge in [-0.2, -0.15) is 8.78 Å². The van der Waals surface area contributed by atoms with Crippen molar-refractivity contribution in [3.05, 3.63) is 65.0 Å². The van der Waals surface area contributed by atoms with Crippen LogP contribution in [0, 0.1) is 18.8 Å². The third kappa shape index (κ3) is 4.23. The summed E-state index contributed by atoms with van der Waals surface area (Å²) in [6.07, 6.45) is 4.90. The van der Waals surface area contributed by atoms with E-state index in [2.05, 4.69) is 28.7 Å². The Hall–Kier alpha value is -2.54. The smallest absolute Gasteiger partial charge is 0.213 e. The van der Waals surface area contributed by atoms with Crippen LogP contribution in [0.5, 0.6) is 0 Å². The normalized spacial score (nSPS) is 11.5. The molecule has 4 heteroatoms. The van der Waals surface area contributed by atoms with Gasteiger partial charge >= 0.3 is 0 Å². The predicted octanol–water partition coefficient (Wildman–Crippen LogP) is 4.40. The van der Waals surface area contributed by atoms with Crippen LogP contribution in [-0.2, 0) is 6.42 Å². The molecule has 0 amide bonds. The van der Waals surface area contributed by atoms with Gasteiger partial charge in [0.1, 0.15) is 0 Å². The molecule has 0 bridgehead atoms. The molecule has 0 spiro atoms. The van der Waals surface area contributed by atoms with Gasteiger partial charge in [0.2, 0.25) is 11.7 Å². The fraction of sp³-hybridized carbons (Fsp3) is 0.222. The van der Waals surface area contributed by atoms with Gasteiger partial charge in [0.05, 0.1) is 0 Å². The van der Waals surface area contributed by atoms with Crippen LogP contribution in [0.15, 0.2) is 42.5 Å². The molecule has 0 saturated heterocycles. The first kappa shape index (κ1) is 15.8. The molecular formula is C18H16F2N2. The van der Waals surface area contributed by atoms with Gasteiger partial charge in [0, 0.05) is 18.0 Å². The van der Waals surface area contributed by atoms with E-state index in [1.54, 1.807) is 19.1 Å². The highest BCUT2D eigenvalue weighted by Gasteiger charge is 2.09. The third-order valence-electron chi connectivity index (χ3n) is 2.98. The van der Waals surface area contributed by atoms with Crippen molar-refractivity contribution in [1.82, 2.24) is 9.97 Å². The van der Waals surface area contributed by atoms with E-state index < -0.39 is 11.7 Å². The molecule has 0 radical (unpaired) electrons. The monoisotopic (exact) mass is 298 g/mol. The largest absolute Gasteiger partial charge is 0.234 e. The average molecular weight is 298 g/mol. The van der Waals surface area contributed by atoms with Crippen LogP contribution in [0.2, 0.25) is 0 Å². The van der Waals surface area contributed by atoms with E-state index in [4.69, 9.17) is 0 Å². The highest BCUT2D eigenvalue weighted by molar-refractivity contribution is 5.60. The second-order valence-corrected chi connectivity index (χ2v) is 4.91. The lowest BCUT2D eigenvalue weighted by Gasteiger charge is -1.98. The lowest BCUT2D eigenvalue weighted by molar-refractivity contribution is 0.629. The van der Waals surface area contributed by atoms with Gasteiger partial charge < -0.3 is 0 Å². The molecule has 2 rings (SSSR count). The van der Waals surface area contributed by atoms with Crippen molar-refractivity contribution in [2.75, 3.05) is 0 Å². The van der Waals surface area contributed by atoms with Crippen molar-refractivity contribution in [3.63, 3.8) is 0 Å². The minimum Gasteiger partial charge on any atom is -0.234 e. The maximum atomic E-state index is 13.8. The Morgan fingerprint density at radius 1 is 1.09 bits per heavy atom. The average Bonchev–Trinajstić information content (AvgIpc) is 2.54. The zero-order chi connectivity index (χ0) is 15.9. The summed E-state index contributed by atoms with van der Waals surface area (Å²) < 4.78 is 27.5. The highest BCUT2D eigenvalue weighted by Crippen LogP contribution is 2.17. The van der Waals surface area contributed by atoms with E-state index in [0.29, 0.717) is 5.56 Å². The molecule has 0 saturated carbocycles. The van der Waals surface area contributed by atoms with Crippen LogP contribution in [0.25, 0.3) is 5.83 Å². The van der Waals surface area contributed by atoms with Crippen molar-refractivity contribution in [3.8, 4) is 11.8 Å². The lowest BCUT2D eigenvalue weighted by Crippen LogP contribution is -1.92. The SMILES string of the molecule is CCCc1ccc(C#CC(F)=C(F)c2ncc(C)cn2)cc1. The molecule has 0 unspecified atom stereocenters. The van der Waals surface area contributed by atoms with Crippen molar-refractivity contribution in [2.45, 2.75) is 26.7 Å². The minimum atomic E-state index is -1.17. The van der Waals surface area contributed by atoms with E-state index in [1.807, 2.05) is 12.1 Å². The number of benzene rings is 1. The van der Waals surface area contributed by atoms with E-state index in [0.717, 1.165) is 18.4 Å². The zero-order valence-electron chi connectivity index (χ0n) is 12.5. The predicted molar refractivity (Wildman–Crippen MR) is 83.2 cm³/mol. The summed E-state index contributed by atoms with van der Waals surface area (Å²) in [5.74, 6) is 2.16.